The Kier molecular flexibility index (Phi) is 5.50. The number of anilines is 1. The quantitative estimate of drug-likeness (QED) is 0.883. The third kappa shape index (κ3) is 4.08. The van der Waals surface area contributed by atoms with Crippen LogP contribution in [0.1, 0.15) is 46.0 Å². The maximum atomic E-state index is 12.7. The summed E-state index contributed by atoms with van der Waals surface area (Å²) in [6, 6.07) is 9.39. The van der Waals surface area contributed by atoms with Crippen LogP contribution in [0, 0.1) is 0 Å². The van der Waals surface area contributed by atoms with Crippen LogP contribution in [0.2, 0.25) is 0 Å². The van der Waals surface area contributed by atoms with Crippen molar-refractivity contribution in [2.75, 3.05) is 31.5 Å². The maximum Gasteiger partial charge on any atom is 0.256 e. The van der Waals surface area contributed by atoms with Gasteiger partial charge in [-0.1, -0.05) is 26.0 Å². The van der Waals surface area contributed by atoms with Gasteiger partial charge in [0.2, 0.25) is 0 Å². The molecule has 3 rings (SSSR count). The van der Waals surface area contributed by atoms with Crippen molar-refractivity contribution in [2.24, 2.45) is 0 Å². The largest absolute Gasteiger partial charge is 0.336 e. The first-order chi connectivity index (χ1) is 12.1. The fourth-order valence-electron chi connectivity index (χ4n) is 2.81. The van der Waals surface area contributed by atoms with Gasteiger partial charge in [-0.3, -0.25) is 9.59 Å². The van der Waals surface area contributed by atoms with Crippen molar-refractivity contribution < 1.29 is 9.59 Å². The molecule has 0 unspecified atom stereocenters. The van der Waals surface area contributed by atoms with Gasteiger partial charge < -0.3 is 15.5 Å². The summed E-state index contributed by atoms with van der Waals surface area (Å²) >= 11 is 1.38. The second-order valence-electron chi connectivity index (χ2n) is 6.44. The fourth-order valence-corrected chi connectivity index (χ4v) is 3.58. The molecule has 1 aliphatic rings. The number of rotatable bonds is 4. The molecule has 0 saturated carbocycles. The molecular formula is C19H23N3O2S. The molecule has 6 heteroatoms. The Morgan fingerprint density at radius 1 is 1.12 bits per heavy atom. The van der Waals surface area contributed by atoms with Gasteiger partial charge in [0.05, 0.1) is 5.56 Å². The summed E-state index contributed by atoms with van der Waals surface area (Å²) < 4.78 is 0. The molecule has 0 spiro atoms. The molecule has 1 saturated heterocycles. The number of nitrogens with zero attached hydrogens (tertiary/aromatic N) is 1. The summed E-state index contributed by atoms with van der Waals surface area (Å²) in [5.41, 5.74) is 2.36. The van der Waals surface area contributed by atoms with Crippen LogP contribution in [-0.2, 0) is 0 Å². The van der Waals surface area contributed by atoms with Gasteiger partial charge >= 0.3 is 0 Å². The highest BCUT2D eigenvalue weighted by molar-refractivity contribution is 7.14. The van der Waals surface area contributed by atoms with E-state index in [4.69, 9.17) is 0 Å². The summed E-state index contributed by atoms with van der Waals surface area (Å²) in [6.45, 7) is 7.24. The van der Waals surface area contributed by atoms with Gasteiger partial charge in [-0.15, -0.1) is 11.3 Å². The zero-order valence-electron chi connectivity index (χ0n) is 14.5. The van der Waals surface area contributed by atoms with Gasteiger partial charge in [-0.2, -0.15) is 0 Å². The van der Waals surface area contributed by atoms with Gasteiger partial charge in [0.15, 0.2) is 0 Å². The predicted molar refractivity (Wildman–Crippen MR) is 102 cm³/mol. The minimum absolute atomic E-state index is 0.0202. The lowest BCUT2D eigenvalue weighted by molar-refractivity contribution is 0.0737. The number of amides is 2. The zero-order chi connectivity index (χ0) is 17.8. The second-order valence-corrected chi connectivity index (χ2v) is 7.35. The lowest BCUT2D eigenvalue weighted by atomic mass is 10.0. The molecule has 0 radical (unpaired) electrons. The predicted octanol–water partition coefficient (Wildman–Crippen LogP) is 3.17. The topological polar surface area (TPSA) is 61.4 Å². The van der Waals surface area contributed by atoms with Crippen LogP contribution in [0.5, 0.6) is 0 Å². The highest BCUT2D eigenvalue weighted by Gasteiger charge is 2.22. The van der Waals surface area contributed by atoms with Crippen LogP contribution in [0.4, 0.5) is 5.00 Å². The summed E-state index contributed by atoms with van der Waals surface area (Å²) in [4.78, 5) is 27.0. The van der Waals surface area contributed by atoms with Crippen LogP contribution in [0.25, 0.3) is 0 Å². The Morgan fingerprint density at radius 3 is 2.44 bits per heavy atom. The van der Waals surface area contributed by atoms with Crippen molar-refractivity contribution in [1.29, 1.82) is 0 Å². The fraction of sp³-hybridized carbons (Fsp3) is 0.368. The molecule has 1 aliphatic heterocycles. The average molecular weight is 357 g/mol. The lowest BCUT2D eigenvalue weighted by Crippen LogP contribution is -2.46. The Hall–Kier alpha value is -2.18. The van der Waals surface area contributed by atoms with Crippen LogP contribution in [0.3, 0.4) is 0 Å². The Balaban J connectivity index is 1.72. The van der Waals surface area contributed by atoms with E-state index in [1.807, 2.05) is 34.5 Å². The molecule has 2 amide bonds. The summed E-state index contributed by atoms with van der Waals surface area (Å²) in [7, 11) is 0. The highest BCUT2D eigenvalue weighted by atomic mass is 32.1. The molecule has 0 bridgehead atoms. The molecule has 25 heavy (non-hydrogen) atoms. The molecule has 0 aliphatic carbocycles. The first-order valence-corrected chi connectivity index (χ1v) is 9.43. The number of carbonyl (C=O) groups is 2. The van der Waals surface area contributed by atoms with Crippen LogP contribution < -0.4 is 10.6 Å². The third-order valence-corrected chi connectivity index (χ3v) is 5.20. The smallest absolute Gasteiger partial charge is 0.256 e. The van der Waals surface area contributed by atoms with Crippen molar-refractivity contribution in [3.63, 3.8) is 0 Å². The van der Waals surface area contributed by atoms with Gasteiger partial charge in [-0.05, 0) is 35.1 Å². The van der Waals surface area contributed by atoms with E-state index in [1.165, 1.54) is 16.9 Å². The van der Waals surface area contributed by atoms with E-state index in [-0.39, 0.29) is 11.8 Å². The third-order valence-electron chi connectivity index (χ3n) is 4.37. The summed E-state index contributed by atoms with van der Waals surface area (Å²) in [5.74, 6) is 0.220. The molecule has 5 nitrogen and oxygen atoms in total. The molecular weight excluding hydrogens is 334 g/mol. The molecule has 132 valence electrons. The SMILES string of the molecule is CC(C)c1ccc(C(=O)Nc2sccc2C(=O)N2CCNCC2)cc1. The highest BCUT2D eigenvalue weighted by Crippen LogP contribution is 2.26. The summed E-state index contributed by atoms with van der Waals surface area (Å²) in [5, 5.41) is 8.58. The lowest BCUT2D eigenvalue weighted by Gasteiger charge is -2.27. The van der Waals surface area contributed by atoms with Crippen molar-refractivity contribution in [1.82, 2.24) is 10.2 Å². The number of carbonyl (C=O) groups excluding carboxylic acids is 2. The number of hydrogen-bond acceptors (Lipinski definition) is 4. The normalized spacial score (nSPS) is 14.6. The van der Waals surface area contributed by atoms with Crippen molar-refractivity contribution in [3.8, 4) is 0 Å². The molecule has 2 N–H and O–H groups in total. The number of nitrogens with one attached hydrogen (secondary N) is 2. The summed E-state index contributed by atoms with van der Waals surface area (Å²) in [6.07, 6.45) is 0. The van der Waals surface area contributed by atoms with E-state index in [1.54, 1.807) is 6.07 Å². The van der Waals surface area contributed by atoms with E-state index in [9.17, 15) is 9.59 Å². The first kappa shape index (κ1) is 17.6. The number of benzene rings is 1. The molecule has 1 fully saturated rings. The monoisotopic (exact) mass is 357 g/mol. The molecule has 0 atom stereocenters. The minimum Gasteiger partial charge on any atom is -0.336 e. The Morgan fingerprint density at radius 2 is 1.80 bits per heavy atom. The Labute approximate surface area is 152 Å². The molecule has 2 aromatic rings. The van der Waals surface area contributed by atoms with Crippen molar-refractivity contribution in [2.45, 2.75) is 19.8 Å². The van der Waals surface area contributed by atoms with E-state index < -0.39 is 0 Å². The van der Waals surface area contributed by atoms with E-state index in [0.717, 1.165) is 13.1 Å². The minimum atomic E-state index is -0.188. The average Bonchev–Trinajstić information content (AvgIpc) is 3.10. The number of piperazine rings is 1. The van der Waals surface area contributed by atoms with Crippen LogP contribution >= 0.6 is 11.3 Å². The van der Waals surface area contributed by atoms with Gasteiger partial charge in [0.1, 0.15) is 5.00 Å². The zero-order valence-corrected chi connectivity index (χ0v) is 15.4. The van der Waals surface area contributed by atoms with E-state index in [2.05, 4.69) is 24.5 Å². The molecule has 1 aromatic heterocycles. The first-order valence-electron chi connectivity index (χ1n) is 8.55. The van der Waals surface area contributed by atoms with Gasteiger partial charge in [0.25, 0.3) is 11.8 Å². The second kappa shape index (κ2) is 7.80. The van der Waals surface area contributed by atoms with Crippen molar-refractivity contribution >= 4 is 28.2 Å². The number of hydrogen-bond donors (Lipinski definition) is 2. The molecule has 1 aromatic carbocycles. The van der Waals surface area contributed by atoms with E-state index >= 15 is 0 Å². The number of thiophene rings is 1. The Bertz CT molecular complexity index is 746. The maximum absolute atomic E-state index is 12.7. The van der Waals surface area contributed by atoms with Gasteiger partial charge in [-0.25, -0.2) is 0 Å². The van der Waals surface area contributed by atoms with Gasteiger partial charge in [0, 0.05) is 31.7 Å². The molecule has 2 heterocycles. The van der Waals surface area contributed by atoms with Crippen LogP contribution in [0.15, 0.2) is 35.7 Å². The van der Waals surface area contributed by atoms with E-state index in [0.29, 0.717) is 35.1 Å². The van der Waals surface area contributed by atoms with Crippen molar-refractivity contribution in [3.05, 3.63) is 52.4 Å². The standard InChI is InChI=1S/C19H23N3O2S/c1-13(2)14-3-5-15(6-4-14)17(23)21-18-16(7-12-25-18)19(24)22-10-8-20-9-11-22/h3-7,12-13,20H,8-11H2,1-2H3,(H,21,23). The van der Waals surface area contributed by atoms with Crippen LogP contribution in [-0.4, -0.2) is 42.9 Å².